The van der Waals surface area contributed by atoms with E-state index in [1.54, 1.807) is 0 Å². The van der Waals surface area contributed by atoms with E-state index >= 15 is 0 Å². The number of hydrogen-bond acceptors (Lipinski definition) is 2. The maximum Gasteiger partial charge on any atom is 0.0603 e. The lowest BCUT2D eigenvalue weighted by Gasteiger charge is -2.35. The van der Waals surface area contributed by atoms with Crippen molar-refractivity contribution in [3.05, 3.63) is 24.0 Å². The summed E-state index contributed by atoms with van der Waals surface area (Å²) in [6, 6.07) is 4.76. The Morgan fingerprint density at radius 1 is 1.31 bits per heavy atom. The lowest BCUT2D eigenvalue weighted by Crippen LogP contribution is -2.35. The Balaban J connectivity index is 2.06. The zero-order chi connectivity index (χ0) is 11.5. The molecule has 3 unspecified atom stereocenters. The Labute approximate surface area is 98.5 Å². The van der Waals surface area contributed by atoms with Gasteiger partial charge in [0.15, 0.2) is 0 Å². The molecule has 0 saturated heterocycles. The molecule has 1 heterocycles. The maximum absolute atomic E-state index is 4.33. The third-order valence-corrected chi connectivity index (χ3v) is 4.05. The van der Waals surface area contributed by atoms with E-state index in [2.05, 4.69) is 37.1 Å². The van der Waals surface area contributed by atoms with Crippen LogP contribution in [-0.4, -0.2) is 11.0 Å². The highest BCUT2D eigenvalue weighted by atomic mass is 14.9. The van der Waals surface area contributed by atoms with E-state index < -0.39 is 0 Å². The molecule has 1 N–H and O–H groups in total. The Morgan fingerprint density at radius 2 is 2.12 bits per heavy atom. The number of hydrogen-bond donors (Lipinski definition) is 1. The van der Waals surface area contributed by atoms with Crippen molar-refractivity contribution in [1.82, 2.24) is 4.98 Å². The van der Waals surface area contributed by atoms with Crippen molar-refractivity contribution < 1.29 is 0 Å². The van der Waals surface area contributed by atoms with Crippen molar-refractivity contribution in [1.29, 1.82) is 0 Å². The quantitative estimate of drug-likeness (QED) is 0.820. The van der Waals surface area contributed by atoms with Gasteiger partial charge in [-0.1, -0.05) is 26.7 Å². The summed E-state index contributed by atoms with van der Waals surface area (Å²) in [5, 5.41) is 3.67. The van der Waals surface area contributed by atoms with Crippen LogP contribution in [0.5, 0.6) is 0 Å². The first kappa shape index (κ1) is 11.4. The van der Waals surface area contributed by atoms with Gasteiger partial charge >= 0.3 is 0 Å². The topological polar surface area (TPSA) is 24.9 Å². The fourth-order valence-electron chi connectivity index (χ4n) is 2.62. The molecule has 88 valence electrons. The van der Waals surface area contributed by atoms with E-state index in [9.17, 15) is 0 Å². The smallest absolute Gasteiger partial charge is 0.0603 e. The fourth-order valence-corrected chi connectivity index (χ4v) is 2.62. The van der Waals surface area contributed by atoms with Crippen molar-refractivity contribution in [2.24, 2.45) is 11.8 Å². The normalized spacial score (nSPS) is 30.1. The fraction of sp³-hybridized carbons (Fsp3) is 0.643. The first-order valence-electron chi connectivity index (χ1n) is 6.36. The monoisotopic (exact) mass is 218 g/mol. The highest BCUT2D eigenvalue weighted by molar-refractivity contribution is 5.47. The summed E-state index contributed by atoms with van der Waals surface area (Å²) in [6.07, 6.45) is 5.88. The average molecular weight is 218 g/mol. The minimum atomic E-state index is 0.617. The van der Waals surface area contributed by atoms with E-state index in [0.29, 0.717) is 6.04 Å². The van der Waals surface area contributed by atoms with Gasteiger partial charge in [0.25, 0.3) is 0 Å². The van der Waals surface area contributed by atoms with Crippen LogP contribution in [0.25, 0.3) is 0 Å². The van der Waals surface area contributed by atoms with E-state index in [4.69, 9.17) is 0 Å². The van der Waals surface area contributed by atoms with Gasteiger partial charge in [-0.15, -0.1) is 0 Å². The van der Waals surface area contributed by atoms with Crippen molar-refractivity contribution in [2.45, 2.75) is 46.1 Å². The zero-order valence-corrected chi connectivity index (χ0v) is 10.5. The Bertz CT molecular complexity index is 348. The molecule has 0 amide bonds. The van der Waals surface area contributed by atoms with Crippen LogP contribution < -0.4 is 5.32 Å². The number of pyridine rings is 1. The minimum Gasteiger partial charge on any atom is -0.381 e. The molecular weight excluding hydrogens is 196 g/mol. The summed E-state index contributed by atoms with van der Waals surface area (Å²) in [5.41, 5.74) is 2.31. The number of aromatic nitrogens is 1. The van der Waals surface area contributed by atoms with Gasteiger partial charge in [0.1, 0.15) is 0 Å². The molecule has 1 saturated carbocycles. The molecule has 0 radical (unpaired) electrons. The number of nitrogens with zero attached hydrogens (tertiary/aromatic N) is 1. The van der Waals surface area contributed by atoms with Crippen molar-refractivity contribution in [2.75, 3.05) is 5.32 Å². The van der Waals surface area contributed by atoms with Gasteiger partial charge in [-0.2, -0.15) is 0 Å². The highest BCUT2D eigenvalue weighted by Gasteiger charge is 2.26. The van der Waals surface area contributed by atoms with Crippen LogP contribution in [0.3, 0.4) is 0 Å². The molecule has 0 aliphatic heterocycles. The predicted molar refractivity (Wildman–Crippen MR) is 68.6 cm³/mol. The summed E-state index contributed by atoms with van der Waals surface area (Å²) < 4.78 is 0. The molecule has 0 bridgehead atoms. The summed E-state index contributed by atoms with van der Waals surface area (Å²) in [7, 11) is 0. The third kappa shape index (κ3) is 2.37. The van der Waals surface area contributed by atoms with Crippen LogP contribution in [0.1, 0.15) is 38.8 Å². The van der Waals surface area contributed by atoms with Crippen molar-refractivity contribution in [3.63, 3.8) is 0 Å². The molecular formula is C14H22N2. The van der Waals surface area contributed by atoms with Crippen LogP contribution in [0.4, 0.5) is 5.69 Å². The Kier molecular flexibility index (Phi) is 3.47. The molecule has 2 nitrogen and oxygen atoms in total. The van der Waals surface area contributed by atoms with Crippen LogP contribution in [0, 0.1) is 18.8 Å². The Morgan fingerprint density at radius 3 is 2.88 bits per heavy atom. The molecule has 1 fully saturated rings. The van der Waals surface area contributed by atoms with E-state index in [-0.39, 0.29) is 0 Å². The molecule has 16 heavy (non-hydrogen) atoms. The van der Waals surface area contributed by atoms with Crippen molar-refractivity contribution >= 4 is 5.69 Å². The molecule has 1 aromatic rings. The molecule has 0 aromatic carbocycles. The molecule has 3 atom stereocenters. The van der Waals surface area contributed by atoms with E-state index in [0.717, 1.165) is 17.5 Å². The van der Waals surface area contributed by atoms with Crippen LogP contribution in [0.15, 0.2) is 18.3 Å². The zero-order valence-electron chi connectivity index (χ0n) is 10.5. The van der Waals surface area contributed by atoms with E-state index in [1.165, 1.54) is 24.9 Å². The number of rotatable bonds is 2. The predicted octanol–water partition coefficient (Wildman–Crippen LogP) is 3.63. The number of anilines is 1. The average Bonchev–Trinajstić information content (AvgIpc) is 2.28. The van der Waals surface area contributed by atoms with Gasteiger partial charge in [0.2, 0.25) is 0 Å². The maximum atomic E-state index is 4.33. The summed E-state index contributed by atoms with van der Waals surface area (Å²) >= 11 is 0. The van der Waals surface area contributed by atoms with Crippen LogP contribution in [0.2, 0.25) is 0 Å². The third-order valence-electron chi connectivity index (χ3n) is 4.05. The van der Waals surface area contributed by atoms with Gasteiger partial charge < -0.3 is 5.32 Å². The van der Waals surface area contributed by atoms with Gasteiger partial charge in [-0.3, -0.25) is 4.98 Å². The minimum absolute atomic E-state index is 0.617. The molecule has 1 aliphatic rings. The summed E-state index contributed by atoms with van der Waals surface area (Å²) in [4.78, 5) is 4.33. The second-order valence-corrected chi connectivity index (χ2v) is 5.15. The first-order chi connectivity index (χ1) is 7.68. The van der Waals surface area contributed by atoms with Gasteiger partial charge in [0.05, 0.1) is 11.4 Å². The van der Waals surface area contributed by atoms with Crippen LogP contribution in [-0.2, 0) is 0 Å². The second kappa shape index (κ2) is 4.86. The standard InChI is InChI=1S/C14H22N2/c1-10-6-4-7-13(11(10)2)16-14-8-5-9-15-12(14)3/h5,8-11,13,16H,4,6-7H2,1-3H3. The molecule has 2 heteroatoms. The summed E-state index contributed by atoms with van der Waals surface area (Å²) in [6.45, 7) is 6.81. The summed E-state index contributed by atoms with van der Waals surface area (Å²) in [5.74, 6) is 1.59. The first-order valence-corrected chi connectivity index (χ1v) is 6.36. The molecule has 1 aliphatic carbocycles. The number of aryl methyl sites for hydroxylation is 1. The molecule has 2 rings (SSSR count). The molecule has 1 aromatic heterocycles. The number of nitrogens with one attached hydrogen (secondary N) is 1. The van der Waals surface area contributed by atoms with Gasteiger partial charge in [-0.05, 0) is 37.3 Å². The lowest BCUT2D eigenvalue weighted by molar-refractivity contribution is 0.253. The van der Waals surface area contributed by atoms with Gasteiger partial charge in [-0.25, -0.2) is 0 Å². The SMILES string of the molecule is Cc1ncccc1NC1CCCC(C)C1C. The highest BCUT2D eigenvalue weighted by Crippen LogP contribution is 2.31. The second-order valence-electron chi connectivity index (χ2n) is 5.15. The lowest BCUT2D eigenvalue weighted by atomic mass is 9.78. The van der Waals surface area contributed by atoms with Gasteiger partial charge in [0, 0.05) is 12.2 Å². The Hall–Kier alpha value is -1.05. The van der Waals surface area contributed by atoms with Crippen LogP contribution >= 0.6 is 0 Å². The van der Waals surface area contributed by atoms with Crippen molar-refractivity contribution in [3.8, 4) is 0 Å². The molecule has 0 spiro atoms. The van der Waals surface area contributed by atoms with E-state index in [1.807, 2.05) is 12.3 Å². The largest absolute Gasteiger partial charge is 0.381 e.